The highest BCUT2D eigenvalue weighted by Crippen LogP contribution is 2.19. The van der Waals surface area contributed by atoms with Crippen LogP contribution in [-0.4, -0.2) is 0 Å². The molecule has 0 amide bonds. The molecule has 53 valence electrons. The summed E-state index contributed by atoms with van der Waals surface area (Å²) in [5, 5.41) is 8.68. The summed E-state index contributed by atoms with van der Waals surface area (Å²) in [4.78, 5) is 0. The third-order valence-corrected chi connectivity index (χ3v) is 1.98. The minimum Gasteiger partial charge on any atom is -0.192 e. The Morgan fingerprint density at radius 3 is 2.64 bits per heavy atom. The van der Waals surface area contributed by atoms with E-state index in [1.165, 1.54) is 0 Å². The predicted octanol–water partition coefficient (Wildman–Crippen LogP) is 2.66. The Bertz CT molecular complexity index is 323. The first-order valence-electron chi connectivity index (χ1n) is 3.01. The number of hydrogen-bond acceptors (Lipinski definition) is 1. The van der Waals surface area contributed by atoms with Gasteiger partial charge in [0.1, 0.15) is 6.07 Å². The number of benzene rings is 1. The fraction of sp³-hybridized carbons (Fsp3) is 0. The van der Waals surface area contributed by atoms with Gasteiger partial charge in [0.15, 0.2) is 0 Å². The summed E-state index contributed by atoms with van der Waals surface area (Å²) in [5.41, 5.74) is 1.32. The molecular formula is C9H5BrN. The lowest BCUT2D eigenvalue weighted by Gasteiger charge is -1.97. The molecule has 1 aromatic rings. The highest BCUT2D eigenvalue weighted by molar-refractivity contribution is 9.10. The standard InChI is InChI=1S/C9H5BrN/c1-2-7-4-3-5-9(10)8(7)6-11/h3-5H,1H2. The fourth-order valence-electron chi connectivity index (χ4n) is 0.785. The Labute approximate surface area is 74.1 Å². The maximum absolute atomic E-state index is 8.68. The predicted molar refractivity (Wildman–Crippen MR) is 46.8 cm³/mol. The summed E-state index contributed by atoms with van der Waals surface area (Å²) in [6, 6.07) is 7.53. The van der Waals surface area contributed by atoms with E-state index in [1.54, 1.807) is 6.07 Å². The van der Waals surface area contributed by atoms with Crippen LogP contribution in [0.4, 0.5) is 0 Å². The van der Waals surface area contributed by atoms with Crippen LogP contribution in [0, 0.1) is 17.4 Å². The average Bonchev–Trinajstić information content (AvgIpc) is 2.04. The van der Waals surface area contributed by atoms with Gasteiger partial charge in [-0.2, -0.15) is 5.26 Å². The lowest BCUT2D eigenvalue weighted by Crippen LogP contribution is -1.83. The molecule has 1 nitrogen and oxygen atoms in total. The molecular weight excluding hydrogens is 202 g/mol. The van der Waals surface area contributed by atoms with E-state index in [2.05, 4.69) is 34.7 Å². The fourth-order valence-corrected chi connectivity index (χ4v) is 1.24. The van der Waals surface area contributed by atoms with Crippen LogP contribution in [0.3, 0.4) is 0 Å². The maximum Gasteiger partial charge on any atom is 0.101 e. The van der Waals surface area contributed by atoms with E-state index in [-0.39, 0.29) is 0 Å². The number of halogens is 1. The Kier molecular flexibility index (Phi) is 2.45. The second kappa shape index (κ2) is 3.36. The monoisotopic (exact) mass is 206 g/mol. The van der Waals surface area contributed by atoms with Crippen LogP contribution in [0.2, 0.25) is 0 Å². The van der Waals surface area contributed by atoms with Crippen molar-refractivity contribution in [2.75, 3.05) is 0 Å². The molecule has 0 heterocycles. The molecule has 0 aliphatic heterocycles. The van der Waals surface area contributed by atoms with Gasteiger partial charge < -0.3 is 0 Å². The zero-order chi connectivity index (χ0) is 8.27. The van der Waals surface area contributed by atoms with Crippen molar-refractivity contribution >= 4 is 15.9 Å². The molecule has 0 aromatic heterocycles. The lowest BCUT2D eigenvalue weighted by atomic mass is 10.1. The molecule has 0 atom stereocenters. The highest BCUT2D eigenvalue weighted by atomic mass is 79.9. The second-order valence-corrected chi connectivity index (χ2v) is 2.81. The van der Waals surface area contributed by atoms with Gasteiger partial charge in [-0.1, -0.05) is 18.7 Å². The Morgan fingerprint density at radius 2 is 2.18 bits per heavy atom. The Hall–Kier alpha value is -1.07. The van der Waals surface area contributed by atoms with Crippen LogP contribution in [0.5, 0.6) is 0 Å². The largest absolute Gasteiger partial charge is 0.192 e. The first-order chi connectivity index (χ1) is 5.29. The topological polar surface area (TPSA) is 23.8 Å². The van der Waals surface area contributed by atoms with Gasteiger partial charge in [-0.3, -0.25) is 0 Å². The zero-order valence-electron chi connectivity index (χ0n) is 5.76. The molecule has 2 heteroatoms. The molecule has 0 saturated heterocycles. The molecule has 0 aliphatic rings. The van der Waals surface area contributed by atoms with Crippen LogP contribution in [-0.2, 0) is 0 Å². The summed E-state index contributed by atoms with van der Waals surface area (Å²) in [6.07, 6.45) is 2.68. The molecule has 1 radical (unpaired) electrons. The van der Waals surface area contributed by atoms with E-state index in [4.69, 9.17) is 5.26 Å². The molecule has 0 bridgehead atoms. The first kappa shape index (κ1) is 8.03. The van der Waals surface area contributed by atoms with Gasteiger partial charge >= 0.3 is 0 Å². The van der Waals surface area contributed by atoms with Crippen molar-refractivity contribution in [2.45, 2.75) is 0 Å². The first-order valence-corrected chi connectivity index (χ1v) is 3.80. The van der Waals surface area contributed by atoms with Gasteiger partial charge in [0, 0.05) is 10.0 Å². The number of rotatable bonds is 1. The second-order valence-electron chi connectivity index (χ2n) is 1.95. The van der Waals surface area contributed by atoms with E-state index in [0.717, 1.165) is 10.0 Å². The van der Waals surface area contributed by atoms with Gasteiger partial charge in [0.2, 0.25) is 0 Å². The van der Waals surface area contributed by atoms with Crippen LogP contribution >= 0.6 is 15.9 Å². The van der Waals surface area contributed by atoms with Crippen molar-refractivity contribution in [1.82, 2.24) is 0 Å². The van der Waals surface area contributed by atoms with E-state index < -0.39 is 0 Å². The molecule has 1 aromatic carbocycles. The van der Waals surface area contributed by atoms with Crippen molar-refractivity contribution in [3.8, 4) is 6.07 Å². The maximum atomic E-state index is 8.68. The zero-order valence-corrected chi connectivity index (χ0v) is 7.35. The molecule has 0 N–H and O–H groups in total. The molecule has 0 saturated carbocycles. The average molecular weight is 207 g/mol. The summed E-state index contributed by atoms with van der Waals surface area (Å²) >= 11 is 3.26. The Morgan fingerprint density at radius 1 is 1.45 bits per heavy atom. The van der Waals surface area contributed by atoms with Crippen molar-refractivity contribution in [2.24, 2.45) is 0 Å². The van der Waals surface area contributed by atoms with Gasteiger partial charge in [0.05, 0.1) is 5.56 Å². The van der Waals surface area contributed by atoms with Crippen molar-refractivity contribution in [3.05, 3.63) is 46.5 Å². The molecule has 0 unspecified atom stereocenters. The van der Waals surface area contributed by atoms with E-state index in [1.807, 2.05) is 12.1 Å². The molecule has 0 aliphatic carbocycles. The molecule has 11 heavy (non-hydrogen) atoms. The van der Waals surface area contributed by atoms with Crippen LogP contribution < -0.4 is 0 Å². The number of hydrogen-bond donors (Lipinski definition) is 0. The Balaban J connectivity index is 3.38. The van der Waals surface area contributed by atoms with Crippen LogP contribution in [0.1, 0.15) is 11.1 Å². The minimum absolute atomic E-state index is 0.586. The van der Waals surface area contributed by atoms with Gasteiger partial charge in [-0.05, 0) is 28.1 Å². The molecule has 1 rings (SSSR count). The van der Waals surface area contributed by atoms with Gasteiger partial charge in [-0.15, -0.1) is 0 Å². The van der Waals surface area contributed by atoms with Gasteiger partial charge in [-0.25, -0.2) is 0 Å². The SMILES string of the molecule is C=[C]c1cccc(Br)c1C#N. The van der Waals surface area contributed by atoms with Crippen LogP contribution in [0.25, 0.3) is 0 Å². The molecule has 0 spiro atoms. The summed E-state index contributed by atoms with van der Waals surface area (Å²) in [5.74, 6) is 0. The van der Waals surface area contributed by atoms with Gasteiger partial charge in [0.25, 0.3) is 0 Å². The van der Waals surface area contributed by atoms with Crippen molar-refractivity contribution in [3.63, 3.8) is 0 Å². The number of nitrogens with zero attached hydrogens (tertiary/aromatic N) is 1. The number of nitriles is 1. The van der Waals surface area contributed by atoms with Crippen LogP contribution in [0.15, 0.2) is 29.3 Å². The molecule has 0 fully saturated rings. The van der Waals surface area contributed by atoms with E-state index in [0.29, 0.717) is 5.56 Å². The third kappa shape index (κ3) is 1.50. The smallest absolute Gasteiger partial charge is 0.101 e. The quantitative estimate of drug-likeness (QED) is 0.694. The third-order valence-electron chi connectivity index (χ3n) is 1.32. The van der Waals surface area contributed by atoms with Crippen molar-refractivity contribution in [1.29, 1.82) is 5.26 Å². The van der Waals surface area contributed by atoms with Crippen molar-refractivity contribution < 1.29 is 0 Å². The van der Waals surface area contributed by atoms with E-state index >= 15 is 0 Å². The summed E-state index contributed by atoms with van der Waals surface area (Å²) in [6.45, 7) is 3.48. The van der Waals surface area contributed by atoms with E-state index in [9.17, 15) is 0 Å². The minimum atomic E-state index is 0.586. The lowest BCUT2D eigenvalue weighted by molar-refractivity contribution is 1.43. The highest BCUT2D eigenvalue weighted by Gasteiger charge is 2.01. The summed E-state index contributed by atoms with van der Waals surface area (Å²) < 4.78 is 0.786. The summed E-state index contributed by atoms with van der Waals surface area (Å²) in [7, 11) is 0. The normalized spacial score (nSPS) is 8.73.